The minimum absolute atomic E-state index is 0.212. The number of phenols is 1. The minimum atomic E-state index is -0.905. The van der Waals surface area contributed by atoms with Crippen LogP contribution in [0.25, 0.3) is 6.08 Å². The second kappa shape index (κ2) is 5.54. The summed E-state index contributed by atoms with van der Waals surface area (Å²) in [5.74, 6) is -0.693. The van der Waals surface area contributed by atoms with E-state index in [-0.39, 0.29) is 5.75 Å². The normalized spacial score (nSPS) is 12.9. The van der Waals surface area contributed by atoms with Crippen LogP contribution in [0.5, 0.6) is 5.75 Å². The molecule has 0 amide bonds. The van der Waals surface area contributed by atoms with E-state index in [0.29, 0.717) is 5.57 Å². The molecule has 1 aromatic rings. The first-order chi connectivity index (χ1) is 8.30. The molecule has 0 bridgehead atoms. The minimum Gasteiger partial charge on any atom is -0.508 e. The third kappa shape index (κ3) is 4.09. The molecule has 0 aliphatic heterocycles. The Kier molecular flexibility index (Phi) is 4.32. The van der Waals surface area contributed by atoms with Crippen LogP contribution in [-0.2, 0) is 4.79 Å². The summed E-state index contributed by atoms with van der Waals surface area (Å²) >= 11 is 0. The van der Waals surface area contributed by atoms with Gasteiger partial charge in [0.15, 0.2) is 0 Å². The summed E-state index contributed by atoms with van der Waals surface area (Å²) in [4.78, 5) is 11.1. The zero-order valence-electron chi connectivity index (χ0n) is 10.8. The summed E-state index contributed by atoms with van der Waals surface area (Å²) < 4.78 is 0. The number of carboxylic acid groups (broad SMARTS) is 1. The third-order valence-electron chi connectivity index (χ3n) is 2.48. The van der Waals surface area contributed by atoms with Crippen LogP contribution < -0.4 is 0 Å². The van der Waals surface area contributed by atoms with Crippen LogP contribution in [0.15, 0.2) is 42.0 Å². The summed E-state index contributed by atoms with van der Waals surface area (Å²) in [5.41, 5.74) is 0.866. The van der Waals surface area contributed by atoms with Gasteiger partial charge in [-0.1, -0.05) is 51.1 Å². The van der Waals surface area contributed by atoms with Crippen molar-refractivity contribution in [2.45, 2.75) is 20.8 Å². The van der Waals surface area contributed by atoms with E-state index in [1.54, 1.807) is 42.5 Å². The maximum atomic E-state index is 11.1. The number of aliphatic carboxylic acids is 1. The molecule has 0 aliphatic carbocycles. The Labute approximate surface area is 107 Å². The number of benzene rings is 1. The smallest absolute Gasteiger partial charge is 0.332 e. The van der Waals surface area contributed by atoms with E-state index in [2.05, 4.69) is 0 Å². The first kappa shape index (κ1) is 14.0. The zero-order chi connectivity index (χ0) is 13.8. The molecule has 2 N–H and O–H groups in total. The van der Waals surface area contributed by atoms with Crippen molar-refractivity contribution in [3.63, 3.8) is 0 Å². The monoisotopic (exact) mass is 246 g/mol. The van der Waals surface area contributed by atoms with Gasteiger partial charge in [-0.2, -0.15) is 0 Å². The maximum absolute atomic E-state index is 11.1. The van der Waals surface area contributed by atoms with Gasteiger partial charge in [-0.3, -0.25) is 0 Å². The summed E-state index contributed by atoms with van der Waals surface area (Å²) in [6.45, 7) is 5.59. The molecule has 3 heteroatoms. The maximum Gasteiger partial charge on any atom is 0.332 e. The molecule has 18 heavy (non-hydrogen) atoms. The number of carboxylic acids is 1. The lowest BCUT2D eigenvalue weighted by atomic mass is 9.86. The zero-order valence-corrected chi connectivity index (χ0v) is 10.8. The molecule has 0 aliphatic rings. The second-order valence-electron chi connectivity index (χ2n) is 5.09. The van der Waals surface area contributed by atoms with Gasteiger partial charge in [-0.25, -0.2) is 4.79 Å². The fourth-order valence-electron chi connectivity index (χ4n) is 1.48. The van der Waals surface area contributed by atoms with Gasteiger partial charge in [0.1, 0.15) is 5.75 Å². The summed E-state index contributed by atoms with van der Waals surface area (Å²) in [6.07, 6.45) is 5.12. The lowest BCUT2D eigenvalue weighted by Gasteiger charge is -2.18. The lowest BCUT2D eigenvalue weighted by Crippen LogP contribution is -2.17. The van der Waals surface area contributed by atoms with Crippen molar-refractivity contribution < 1.29 is 15.0 Å². The number of phenolic OH excluding ortho intramolecular Hbond substituents is 1. The molecule has 0 saturated carbocycles. The Morgan fingerprint density at radius 2 is 1.72 bits per heavy atom. The van der Waals surface area contributed by atoms with E-state index in [1.807, 2.05) is 20.8 Å². The fraction of sp³-hybridized carbons (Fsp3) is 0.267. The Morgan fingerprint density at radius 1 is 1.17 bits per heavy atom. The van der Waals surface area contributed by atoms with Crippen molar-refractivity contribution in [2.75, 3.05) is 0 Å². The van der Waals surface area contributed by atoms with Crippen LogP contribution in [0.2, 0.25) is 0 Å². The van der Waals surface area contributed by atoms with E-state index in [1.165, 1.54) is 0 Å². The summed E-state index contributed by atoms with van der Waals surface area (Å²) in [5, 5.41) is 18.2. The first-order valence-electron chi connectivity index (χ1n) is 5.72. The average Bonchev–Trinajstić information content (AvgIpc) is 2.24. The standard InChI is InChI=1S/C15H18O3/c1-15(2,3)13(14(17)18)6-4-5-11-7-9-12(16)10-8-11/h4-10,16H,1-3H3,(H,17,18). The molecule has 0 atom stereocenters. The van der Waals surface area contributed by atoms with Gasteiger partial charge < -0.3 is 10.2 Å². The predicted molar refractivity (Wildman–Crippen MR) is 72.3 cm³/mol. The lowest BCUT2D eigenvalue weighted by molar-refractivity contribution is -0.133. The van der Waals surface area contributed by atoms with E-state index in [4.69, 9.17) is 10.2 Å². The predicted octanol–water partition coefficient (Wildman–Crippen LogP) is 3.46. The third-order valence-corrected chi connectivity index (χ3v) is 2.48. The number of carbonyl (C=O) groups is 1. The van der Waals surface area contributed by atoms with Gasteiger partial charge in [0, 0.05) is 5.57 Å². The van der Waals surface area contributed by atoms with Gasteiger partial charge in [0.25, 0.3) is 0 Å². The van der Waals surface area contributed by atoms with Gasteiger partial charge in [-0.15, -0.1) is 0 Å². The Hall–Kier alpha value is -2.03. The van der Waals surface area contributed by atoms with Crippen LogP contribution in [0, 0.1) is 5.41 Å². The van der Waals surface area contributed by atoms with Crippen molar-refractivity contribution in [2.24, 2.45) is 5.41 Å². The highest BCUT2D eigenvalue weighted by atomic mass is 16.4. The molecule has 1 aromatic carbocycles. The molecule has 96 valence electrons. The fourth-order valence-corrected chi connectivity index (χ4v) is 1.48. The van der Waals surface area contributed by atoms with Gasteiger partial charge in [0.05, 0.1) is 0 Å². The van der Waals surface area contributed by atoms with Crippen molar-refractivity contribution >= 4 is 12.0 Å². The highest BCUT2D eigenvalue weighted by molar-refractivity contribution is 5.88. The SMILES string of the molecule is CC(C)(C)C(=CC=Cc1ccc(O)cc1)C(=O)O. The van der Waals surface area contributed by atoms with E-state index < -0.39 is 11.4 Å². The number of rotatable bonds is 3. The number of allylic oxidation sites excluding steroid dienone is 2. The molecule has 0 radical (unpaired) electrons. The van der Waals surface area contributed by atoms with Crippen LogP contribution in [0.4, 0.5) is 0 Å². The summed E-state index contributed by atoms with van der Waals surface area (Å²) in [6, 6.07) is 6.70. The van der Waals surface area contributed by atoms with Crippen molar-refractivity contribution in [1.29, 1.82) is 0 Å². The van der Waals surface area contributed by atoms with E-state index >= 15 is 0 Å². The molecule has 0 spiro atoms. The van der Waals surface area contributed by atoms with Crippen LogP contribution in [-0.4, -0.2) is 16.2 Å². The van der Waals surface area contributed by atoms with Crippen LogP contribution in [0.3, 0.4) is 0 Å². The van der Waals surface area contributed by atoms with Crippen molar-refractivity contribution in [3.8, 4) is 5.75 Å². The van der Waals surface area contributed by atoms with Gasteiger partial charge >= 0.3 is 5.97 Å². The Balaban J connectivity index is 2.89. The Morgan fingerprint density at radius 3 is 2.17 bits per heavy atom. The molecule has 0 heterocycles. The molecular weight excluding hydrogens is 228 g/mol. The van der Waals surface area contributed by atoms with Gasteiger partial charge in [-0.05, 0) is 23.1 Å². The van der Waals surface area contributed by atoms with Crippen LogP contribution >= 0.6 is 0 Å². The number of aromatic hydroxyl groups is 1. The molecule has 0 aromatic heterocycles. The van der Waals surface area contributed by atoms with E-state index in [0.717, 1.165) is 5.56 Å². The number of hydrogen-bond donors (Lipinski definition) is 2. The van der Waals surface area contributed by atoms with Crippen molar-refractivity contribution in [1.82, 2.24) is 0 Å². The first-order valence-corrected chi connectivity index (χ1v) is 5.72. The largest absolute Gasteiger partial charge is 0.508 e. The number of hydrogen-bond acceptors (Lipinski definition) is 2. The average molecular weight is 246 g/mol. The quantitative estimate of drug-likeness (QED) is 0.634. The molecular formula is C15H18O3. The Bertz CT molecular complexity index is 473. The van der Waals surface area contributed by atoms with Gasteiger partial charge in [0.2, 0.25) is 0 Å². The highest BCUT2D eigenvalue weighted by Crippen LogP contribution is 2.25. The summed E-state index contributed by atoms with van der Waals surface area (Å²) in [7, 11) is 0. The molecule has 0 unspecified atom stereocenters. The van der Waals surface area contributed by atoms with E-state index in [9.17, 15) is 4.79 Å². The van der Waals surface area contributed by atoms with Crippen molar-refractivity contribution in [3.05, 3.63) is 47.6 Å². The highest BCUT2D eigenvalue weighted by Gasteiger charge is 2.22. The van der Waals surface area contributed by atoms with Crippen LogP contribution in [0.1, 0.15) is 26.3 Å². The molecule has 0 fully saturated rings. The molecule has 3 nitrogen and oxygen atoms in total. The second-order valence-corrected chi connectivity index (χ2v) is 5.09. The topological polar surface area (TPSA) is 57.5 Å². The molecule has 1 rings (SSSR count). The molecule has 0 saturated heterocycles.